The van der Waals surface area contributed by atoms with Crippen LogP contribution in [0.15, 0.2) is 66.9 Å². The molecular weight excluding hydrogens is 442 g/mol. The van der Waals surface area contributed by atoms with Crippen LogP contribution in [0.2, 0.25) is 0 Å². The quantitative estimate of drug-likeness (QED) is 0.518. The molecule has 2 saturated heterocycles. The maximum absolute atomic E-state index is 13.6. The van der Waals surface area contributed by atoms with Crippen LogP contribution >= 0.6 is 0 Å². The summed E-state index contributed by atoms with van der Waals surface area (Å²) in [4.78, 5) is 32.1. The molecule has 5 atom stereocenters. The van der Waals surface area contributed by atoms with Crippen molar-refractivity contribution in [2.75, 3.05) is 20.2 Å². The van der Waals surface area contributed by atoms with Gasteiger partial charge in [0.05, 0.1) is 37.6 Å². The van der Waals surface area contributed by atoms with Crippen molar-refractivity contribution in [3.8, 4) is 5.75 Å². The largest absolute Gasteiger partial charge is 0.497 e. The van der Waals surface area contributed by atoms with Gasteiger partial charge in [-0.15, -0.1) is 0 Å². The number of nitrogens with zero attached hydrogens (tertiary/aromatic N) is 1. The van der Waals surface area contributed by atoms with Crippen molar-refractivity contribution in [2.24, 2.45) is 11.8 Å². The van der Waals surface area contributed by atoms with E-state index < -0.39 is 17.4 Å². The van der Waals surface area contributed by atoms with Gasteiger partial charge < -0.3 is 24.7 Å². The van der Waals surface area contributed by atoms with Gasteiger partial charge in [0.1, 0.15) is 11.4 Å². The Balaban J connectivity index is 1.16. The highest BCUT2D eigenvalue weighted by Gasteiger charge is 2.67. The van der Waals surface area contributed by atoms with Crippen LogP contribution in [0.1, 0.15) is 24.1 Å². The Morgan fingerprint density at radius 2 is 2.06 bits per heavy atom. The number of nitrogens with one attached hydrogen (secondary N) is 2. The Kier molecular flexibility index (Phi) is 5.18. The van der Waals surface area contributed by atoms with E-state index in [0.717, 1.165) is 22.4 Å². The number of carbonyl (C=O) groups is 2. The molecule has 0 saturated carbocycles. The molecule has 0 aliphatic carbocycles. The average Bonchev–Trinajstić information content (AvgIpc) is 3.63. The first kappa shape index (κ1) is 21.9. The number of likely N-dealkylation sites (tertiary alicyclic amines) is 1. The molecule has 2 bridgehead atoms. The Hall–Kier alpha value is -3.58. The van der Waals surface area contributed by atoms with Gasteiger partial charge in [0, 0.05) is 23.6 Å². The predicted molar refractivity (Wildman–Crippen MR) is 132 cm³/mol. The van der Waals surface area contributed by atoms with Crippen LogP contribution in [-0.4, -0.2) is 53.6 Å². The number of aromatic nitrogens is 1. The van der Waals surface area contributed by atoms with Crippen LogP contribution < -0.4 is 10.1 Å². The van der Waals surface area contributed by atoms with E-state index in [1.54, 1.807) is 7.11 Å². The van der Waals surface area contributed by atoms with Crippen LogP contribution in [0, 0.1) is 11.8 Å². The van der Waals surface area contributed by atoms with Crippen LogP contribution in [0.5, 0.6) is 5.75 Å². The van der Waals surface area contributed by atoms with E-state index in [4.69, 9.17) is 9.47 Å². The first-order valence-electron chi connectivity index (χ1n) is 12.1. The molecule has 6 rings (SSSR count). The number of methoxy groups -OCH3 is 1. The predicted octanol–water partition coefficient (Wildman–Crippen LogP) is 3.38. The lowest BCUT2D eigenvalue weighted by molar-refractivity contribution is -0.138. The Morgan fingerprint density at radius 1 is 1.26 bits per heavy atom. The number of carbonyl (C=O) groups excluding carboxylic acids is 2. The average molecular weight is 472 g/mol. The van der Waals surface area contributed by atoms with E-state index in [9.17, 15) is 9.59 Å². The molecule has 2 amide bonds. The van der Waals surface area contributed by atoms with Gasteiger partial charge in [0.25, 0.3) is 0 Å². The summed E-state index contributed by atoms with van der Waals surface area (Å²) < 4.78 is 11.5. The lowest BCUT2D eigenvalue weighted by Crippen LogP contribution is -2.44. The zero-order valence-electron chi connectivity index (χ0n) is 19.9. The summed E-state index contributed by atoms with van der Waals surface area (Å²) in [6.45, 7) is 2.98. The minimum absolute atomic E-state index is 0.0167. The van der Waals surface area contributed by atoms with Gasteiger partial charge >= 0.3 is 0 Å². The summed E-state index contributed by atoms with van der Waals surface area (Å²) in [6, 6.07) is 15.8. The number of ether oxygens (including phenoxy) is 2. The number of amides is 2. The maximum atomic E-state index is 13.6. The molecule has 0 unspecified atom stereocenters. The Labute approximate surface area is 204 Å². The van der Waals surface area contributed by atoms with E-state index in [0.29, 0.717) is 19.5 Å². The molecule has 3 aliphatic rings. The van der Waals surface area contributed by atoms with Crippen molar-refractivity contribution in [1.29, 1.82) is 0 Å². The third-order valence-electron chi connectivity index (χ3n) is 7.87. The van der Waals surface area contributed by atoms with Crippen molar-refractivity contribution in [1.82, 2.24) is 15.2 Å². The highest BCUT2D eigenvalue weighted by Crippen LogP contribution is 2.53. The summed E-state index contributed by atoms with van der Waals surface area (Å²) in [7, 11) is 1.63. The number of H-pyrrole nitrogens is 1. The van der Waals surface area contributed by atoms with Gasteiger partial charge in [-0.2, -0.15) is 0 Å². The highest BCUT2D eigenvalue weighted by atomic mass is 16.5. The molecule has 0 radical (unpaired) electrons. The highest BCUT2D eigenvalue weighted by molar-refractivity contribution is 5.93. The number of benzene rings is 2. The lowest BCUT2D eigenvalue weighted by atomic mass is 9.77. The van der Waals surface area contributed by atoms with Gasteiger partial charge in [-0.25, -0.2) is 0 Å². The van der Waals surface area contributed by atoms with Gasteiger partial charge in [0.15, 0.2) is 0 Å². The molecular formula is C28H29N3O4. The number of hydrogen-bond acceptors (Lipinski definition) is 4. The molecule has 2 fully saturated rings. The van der Waals surface area contributed by atoms with Gasteiger partial charge in [-0.05, 0) is 42.7 Å². The summed E-state index contributed by atoms with van der Waals surface area (Å²) in [5.74, 6) is -0.358. The van der Waals surface area contributed by atoms with Crippen molar-refractivity contribution in [3.05, 3.63) is 78.0 Å². The van der Waals surface area contributed by atoms with Crippen LogP contribution in [0.25, 0.3) is 10.9 Å². The molecule has 1 aromatic heterocycles. The fourth-order valence-corrected chi connectivity index (χ4v) is 5.99. The van der Waals surface area contributed by atoms with Crippen molar-refractivity contribution in [3.63, 3.8) is 0 Å². The minimum atomic E-state index is -0.721. The normalized spacial score (nSPS) is 27.4. The summed E-state index contributed by atoms with van der Waals surface area (Å²) in [5, 5.41) is 4.25. The standard InChI is InChI=1S/C28H29N3O4/c1-17(18-7-9-20(34-2)10-8-18)31-16-28-13-11-23(35-28)24(25(28)27(31)33)26(32)29-14-12-19-15-30-22-6-4-3-5-21(19)22/h3-11,13,15,17,23-25,30H,12,14,16H2,1-2H3,(H,29,32)/t17-,23-,24+,25+,28+/m0/s1. The fraction of sp³-hybridized carbons (Fsp3) is 0.357. The van der Waals surface area contributed by atoms with E-state index in [2.05, 4.69) is 16.4 Å². The minimum Gasteiger partial charge on any atom is -0.497 e. The molecule has 3 aromatic rings. The Morgan fingerprint density at radius 3 is 2.86 bits per heavy atom. The monoisotopic (exact) mass is 471 g/mol. The zero-order chi connectivity index (χ0) is 24.2. The van der Waals surface area contributed by atoms with Crippen molar-refractivity contribution >= 4 is 22.7 Å². The Bertz CT molecular complexity index is 1310. The molecule has 7 nitrogen and oxygen atoms in total. The van der Waals surface area contributed by atoms with Crippen LogP contribution in [-0.2, 0) is 20.7 Å². The summed E-state index contributed by atoms with van der Waals surface area (Å²) in [5.41, 5.74) is 2.55. The first-order valence-corrected chi connectivity index (χ1v) is 12.1. The topological polar surface area (TPSA) is 83.7 Å². The summed E-state index contributed by atoms with van der Waals surface area (Å²) >= 11 is 0. The number of para-hydroxylation sites is 1. The van der Waals surface area contributed by atoms with Crippen LogP contribution in [0.4, 0.5) is 0 Å². The zero-order valence-corrected chi connectivity index (χ0v) is 19.9. The number of rotatable bonds is 7. The second-order valence-electron chi connectivity index (χ2n) is 9.72. The molecule has 1 spiro atoms. The molecule has 4 heterocycles. The molecule has 180 valence electrons. The fourth-order valence-electron chi connectivity index (χ4n) is 5.99. The lowest BCUT2D eigenvalue weighted by Gasteiger charge is -2.28. The number of hydrogen-bond donors (Lipinski definition) is 2. The third-order valence-corrected chi connectivity index (χ3v) is 7.87. The third kappa shape index (κ3) is 3.45. The molecule has 7 heteroatoms. The molecule has 2 N–H and O–H groups in total. The second kappa shape index (κ2) is 8.27. The number of aromatic amines is 1. The van der Waals surface area contributed by atoms with E-state index in [1.807, 2.05) is 72.6 Å². The van der Waals surface area contributed by atoms with Crippen LogP contribution in [0.3, 0.4) is 0 Å². The van der Waals surface area contributed by atoms with Crippen molar-refractivity contribution in [2.45, 2.75) is 31.1 Å². The van der Waals surface area contributed by atoms with Crippen molar-refractivity contribution < 1.29 is 19.1 Å². The SMILES string of the molecule is COc1ccc([C@H](C)N2C[C@@]34C=C[C@H](O3)[C@@H](C(=O)NCCc3c[nH]c5ccccc35)[C@@H]4C2=O)cc1. The number of fused-ring (bicyclic) bond motifs is 2. The van der Waals surface area contributed by atoms with E-state index in [1.165, 1.54) is 5.39 Å². The van der Waals surface area contributed by atoms with E-state index in [-0.39, 0.29) is 24.0 Å². The molecule has 2 aromatic carbocycles. The molecule has 3 aliphatic heterocycles. The smallest absolute Gasteiger partial charge is 0.230 e. The van der Waals surface area contributed by atoms with Gasteiger partial charge in [-0.3, -0.25) is 9.59 Å². The molecule has 35 heavy (non-hydrogen) atoms. The van der Waals surface area contributed by atoms with Gasteiger partial charge in [-0.1, -0.05) is 42.5 Å². The maximum Gasteiger partial charge on any atom is 0.230 e. The summed E-state index contributed by atoms with van der Waals surface area (Å²) in [6.07, 6.45) is 6.31. The second-order valence-corrected chi connectivity index (χ2v) is 9.72. The first-order chi connectivity index (χ1) is 17.0. The van der Waals surface area contributed by atoms with E-state index >= 15 is 0 Å². The van der Waals surface area contributed by atoms with Gasteiger partial charge in [0.2, 0.25) is 11.8 Å².